The van der Waals surface area contributed by atoms with E-state index in [-0.39, 0.29) is 11.8 Å². The second-order valence-corrected chi connectivity index (χ2v) is 5.24. The largest absolute Gasteiger partial charge is 0.361 e. The first kappa shape index (κ1) is 14.6. The summed E-state index contributed by atoms with van der Waals surface area (Å²) in [5.41, 5.74) is -0.0712. The lowest BCUT2D eigenvalue weighted by Crippen LogP contribution is -2.56. The number of rotatable bonds is 4. The fraction of sp³-hybridized carbons (Fsp3) is 0.643. The molecule has 20 heavy (non-hydrogen) atoms. The first-order valence-corrected chi connectivity index (χ1v) is 7.03. The number of carbonyl (C=O) groups excluding carboxylic acids is 2. The van der Waals surface area contributed by atoms with Gasteiger partial charge in [0.15, 0.2) is 0 Å². The minimum Gasteiger partial charge on any atom is -0.361 e. The highest BCUT2D eigenvalue weighted by Crippen LogP contribution is 2.23. The molecule has 0 aromatic carbocycles. The van der Waals surface area contributed by atoms with Crippen molar-refractivity contribution in [3.8, 4) is 0 Å². The average molecular weight is 279 g/mol. The Morgan fingerprint density at radius 3 is 2.65 bits per heavy atom. The van der Waals surface area contributed by atoms with Gasteiger partial charge in [-0.1, -0.05) is 19.0 Å². The summed E-state index contributed by atoms with van der Waals surface area (Å²) < 4.78 is 5.03. The van der Waals surface area contributed by atoms with Crippen molar-refractivity contribution in [1.82, 2.24) is 15.4 Å². The van der Waals surface area contributed by atoms with Gasteiger partial charge in [0.2, 0.25) is 11.8 Å². The van der Waals surface area contributed by atoms with Gasteiger partial charge in [0.25, 0.3) is 0 Å². The van der Waals surface area contributed by atoms with Gasteiger partial charge in [-0.25, -0.2) is 0 Å². The molecule has 1 aliphatic rings. The Hall–Kier alpha value is -1.85. The second-order valence-electron chi connectivity index (χ2n) is 5.24. The van der Waals surface area contributed by atoms with Crippen molar-refractivity contribution in [3.63, 3.8) is 0 Å². The quantitative estimate of drug-likeness (QED) is 0.903. The molecule has 0 spiro atoms. The first-order chi connectivity index (χ1) is 9.50. The summed E-state index contributed by atoms with van der Waals surface area (Å²) in [7, 11) is 0. The van der Waals surface area contributed by atoms with E-state index in [0.717, 1.165) is 0 Å². The van der Waals surface area contributed by atoms with Crippen LogP contribution in [0.3, 0.4) is 0 Å². The van der Waals surface area contributed by atoms with E-state index in [0.29, 0.717) is 43.8 Å². The highest BCUT2D eigenvalue weighted by Gasteiger charge is 2.41. The van der Waals surface area contributed by atoms with Crippen LogP contribution in [-0.4, -0.2) is 34.0 Å². The van der Waals surface area contributed by atoms with Crippen LogP contribution in [0.4, 0.5) is 0 Å². The van der Waals surface area contributed by atoms with Crippen LogP contribution in [0.25, 0.3) is 0 Å². The highest BCUT2D eigenvalue weighted by atomic mass is 16.5. The normalized spacial score (nSPS) is 18.9. The fourth-order valence-electron chi connectivity index (χ4n) is 2.59. The van der Waals surface area contributed by atoms with E-state index in [4.69, 9.17) is 4.52 Å². The van der Waals surface area contributed by atoms with Crippen molar-refractivity contribution in [2.45, 2.75) is 52.1 Å². The Morgan fingerprint density at radius 1 is 1.40 bits per heavy atom. The third-order valence-corrected chi connectivity index (χ3v) is 3.92. The van der Waals surface area contributed by atoms with Crippen LogP contribution in [0.2, 0.25) is 0 Å². The maximum atomic E-state index is 12.7. The Morgan fingerprint density at radius 2 is 2.10 bits per heavy atom. The lowest BCUT2D eigenvalue weighted by Gasteiger charge is -2.33. The molecule has 0 atom stereocenters. The first-order valence-electron chi connectivity index (χ1n) is 7.03. The summed E-state index contributed by atoms with van der Waals surface area (Å²) in [4.78, 5) is 26.3. The minimum atomic E-state index is -0.785. The molecule has 0 radical (unpaired) electrons. The predicted molar refractivity (Wildman–Crippen MR) is 72.7 cm³/mol. The monoisotopic (exact) mass is 279 g/mol. The molecule has 1 aliphatic heterocycles. The number of aryl methyl sites for hydroxylation is 1. The molecule has 0 aliphatic carbocycles. The molecule has 2 amide bonds. The summed E-state index contributed by atoms with van der Waals surface area (Å²) in [5, 5.41) is 6.81. The number of nitrogens with zero attached hydrogens (tertiary/aromatic N) is 2. The third kappa shape index (κ3) is 2.69. The van der Waals surface area contributed by atoms with E-state index in [1.807, 2.05) is 26.8 Å². The lowest BCUT2D eigenvalue weighted by molar-refractivity contribution is -0.139. The average Bonchev–Trinajstić information content (AvgIpc) is 2.80. The molecule has 6 heteroatoms. The number of hydrogen-bond donors (Lipinski definition) is 1. The maximum absolute atomic E-state index is 12.7. The second kappa shape index (κ2) is 5.64. The summed E-state index contributed by atoms with van der Waals surface area (Å²) in [6, 6.07) is 1.81. The number of hydrogen-bond acceptors (Lipinski definition) is 4. The molecule has 110 valence electrons. The van der Waals surface area contributed by atoms with Crippen LogP contribution in [-0.2, 0) is 16.1 Å². The van der Waals surface area contributed by atoms with Crippen LogP contribution in [0.1, 0.15) is 44.6 Å². The molecule has 1 N–H and O–H groups in total. The molecule has 0 bridgehead atoms. The standard InChI is InChI=1S/C14H21N3O3/c1-4-14(5-2)13(19)17(7-6-12(18)15-14)9-11-8-10(3)20-16-11/h8H,4-7,9H2,1-3H3,(H,15,18). The molecule has 1 saturated heterocycles. The van der Waals surface area contributed by atoms with Crippen LogP contribution >= 0.6 is 0 Å². The molecule has 2 heterocycles. The van der Waals surface area contributed by atoms with Gasteiger partial charge >= 0.3 is 0 Å². The van der Waals surface area contributed by atoms with Crippen molar-refractivity contribution >= 4 is 11.8 Å². The van der Waals surface area contributed by atoms with Gasteiger partial charge in [0.1, 0.15) is 17.0 Å². The van der Waals surface area contributed by atoms with Gasteiger partial charge in [-0.2, -0.15) is 0 Å². The molecular weight excluding hydrogens is 258 g/mol. The number of nitrogens with one attached hydrogen (secondary N) is 1. The van der Waals surface area contributed by atoms with Crippen molar-refractivity contribution < 1.29 is 14.1 Å². The fourth-order valence-corrected chi connectivity index (χ4v) is 2.59. The molecule has 1 aromatic heterocycles. The Balaban J connectivity index is 2.23. The van der Waals surface area contributed by atoms with Crippen LogP contribution < -0.4 is 5.32 Å². The number of amides is 2. The Labute approximate surface area is 118 Å². The molecule has 1 fully saturated rings. The number of aromatic nitrogens is 1. The number of carbonyl (C=O) groups is 2. The summed E-state index contributed by atoms with van der Waals surface area (Å²) in [6.45, 7) is 6.45. The zero-order valence-corrected chi connectivity index (χ0v) is 12.2. The summed E-state index contributed by atoms with van der Waals surface area (Å²) in [5.74, 6) is 0.614. The molecule has 0 saturated carbocycles. The highest BCUT2D eigenvalue weighted by molar-refractivity contribution is 5.93. The van der Waals surface area contributed by atoms with Gasteiger partial charge in [-0.05, 0) is 19.8 Å². The van der Waals surface area contributed by atoms with Gasteiger partial charge < -0.3 is 14.7 Å². The van der Waals surface area contributed by atoms with Gasteiger partial charge in [-0.15, -0.1) is 0 Å². The SMILES string of the molecule is CCC1(CC)NC(=O)CCN(Cc2cc(C)on2)C1=O. The van der Waals surface area contributed by atoms with Gasteiger partial charge in [0, 0.05) is 19.0 Å². The Kier molecular flexibility index (Phi) is 4.11. The van der Waals surface area contributed by atoms with Crippen molar-refractivity contribution in [1.29, 1.82) is 0 Å². The minimum absolute atomic E-state index is 0.0333. The predicted octanol–water partition coefficient (Wildman–Crippen LogP) is 1.39. The van der Waals surface area contributed by atoms with Crippen molar-refractivity contribution in [2.24, 2.45) is 0 Å². The molecular formula is C14H21N3O3. The van der Waals surface area contributed by atoms with Gasteiger partial charge in [-0.3, -0.25) is 9.59 Å². The van der Waals surface area contributed by atoms with Crippen LogP contribution in [0.5, 0.6) is 0 Å². The van der Waals surface area contributed by atoms with Crippen molar-refractivity contribution in [2.75, 3.05) is 6.54 Å². The van der Waals surface area contributed by atoms with Crippen molar-refractivity contribution in [3.05, 3.63) is 17.5 Å². The van der Waals surface area contributed by atoms with Crippen LogP contribution in [0, 0.1) is 6.92 Å². The Bertz CT molecular complexity index is 506. The molecule has 0 unspecified atom stereocenters. The maximum Gasteiger partial charge on any atom is 0.248 e. The van der Waals surface area contributed by atoms with E-state index < -0.39 is 5.54 Å². The molecule has 6 nitrogen and oxygen atoms in total. The summed E-state index contributed by atoms with van der Waals surface area (Å²) >= 11 is 0. The van der Waals surface area contributed by atoms with E-state index in [1.165, 1.54) is 0 Å². The van der Waals surface area contributed by atoms with E-state index in [1.54, 1.807) is 4.90 Å². The molecule has 2 rings (SSSR count). The van der Waals surface area contributed by atoms with E-state index in [9.17, 15) is 9.59 Å². The summed E-state index contributed by atoms with van der Waals surface area (Å²) in [6.07, 6.45) is 1.50. The van der Waals surface area contributed by atoms with Crippen LogP contribution in [0.15, 0.2) is 10.6 Å². The van der Waals surface area contributed by atoms with E-state index in [2.05, 4.69) is 10.5 Å². The van der Waals surface area contributed by atoms with Gasteiger partial charge in [0.05, 0.1) is 6.54 Å². The third-order valence-electron chi connectivity index (χ3n) is 3.92. The zero-order chi connectivity index (χ0) is 14.8. The zero-order valence-electron chi connectivity index (χ0n) is 12.2. The topological polar surface area (TPSA) is 75.4 Å². The molecule has 1 aromatic rings. The van der Waals surface area contributed by atoms with E-state index >= 15 is 0 Å². The lowest BCUT2D eigenvalue weighted by atomic mass is 9.91. The smallest absolute Gasteiger partial charge is 0.248 e.